The minimum atomic E-state index is -0.00339. The van der Waals surface area contributed by atoms with Crippen LogP contribution in [-0.2, 0) is 4.74 Å². The topological polar surface area (TPSA) is 21.3 Å². The highest BCUT2D eigenvalue weighted by Crippen LogP contribution is 2.44. The van der Waals surface area contributed by atoms with Crippen LogP contribution < -0.4 is 5.32 Å². The average molecular weight is 211 g/mol. The lowest BCUT2D eigenvalue weighted by atomic mass is 9.95. The maximum Gasteiger partial charge on any atom is 0.0750 e. The molecule has 2 rings (SSSR count). The van der Waals surface area contributed by atoms with E-state index >= 15 is 0 Å². The van der Waals surface area contributed by atoms with E-state index in [1.807, 2.05) is 0 Å². The van der Waals surface area contributed by atoms with E-state index in [4.69, 9.17) is 4.74 Å². The van der Waals surface area contributed by atoms with Crippen molar-refractivity contribution in [3.8, 4) is 0 Å². The molecule has 0 spiro atoms. The summed E-state index contributed by atoms with van der Waals surface area (Å²) in [5.41, 5.74) is -0.00339. The fraction of sp³-hybridized carbons (Fsp3) is 1.00. The van der Waals surface area contributed by atoms with Crippen LogP contribution in [0.3, 0.4) is 0 Å². The first kappa shape index (κ1) is 11.4. The predicted octanol–water partition coefficient (Wildman–Crippen LogP) is 2.58. The van der Waals surface area contributed by atoms with E-state index in [0.29, 0.717) is 0 Å². The Bertz CT molecular complexity index is 215. The van der Waals surface area contributed by atoms with Gasteiger partial charge in [-0.25, -0.2) is 0 Å². The Labute approximate surface area is 93.8 Å². The van der Waals surface area contributed by atoms with Gasteiger partial charge in [0.15, 0.2) is 0 Å². The van der Waals surface area contributed by atoms with E-state index in [-0.39, 0.29) is 5.60 Å². The van der Waals surface area contributed by atoms with Crippen molar-refractivity contribution in [2.45, 2.75) is 58.1 Å². The largest absolute Gasteiger partial charge is 0.375 e. The fourth-order valence-corrected chi connectivity index (χ4v) is 3.31. The van der Waals surface area contributed by atoms with Crippen LogP contribution in [0.2, 0.25) is 0 Å². The number of rotatable bonds is 5. The van der Waals surface area contributed by atoms with E-state index < -0.39 is 0 Å². The molecule has 0 radical (unpaired) electrons. The van der Waals surface area contributed by atoms with Crippen molar-refractivity contribution in [3.63, 3.8) is 0 Å². The Hall–Kier alpha value is -0.0800. The monoisotopic (exact) mass is 211 g/mol. The van der Waals surface area contributed by atoms with Gasteiger partial charge in [-0.1, -0.05) is 6.42 Å². The Balaban J connectivity index is 1.74. The van der Waals surface area contributed by atoms with Crippen LogP contribution in [0.25, 0.3) is 0 Å². The molecule has 2 aliphatic carbocycles. The summed E-state index contributed by atoms with van der Waals surface area (Å²) < 4.78 is 5.71. The van der Waals surface area contributed by atoms with E-state index in [1.165, 1.54) is 25.7 Å². The van der Waals surface area contributed by atoms with Crippen molar-refractivity contribution in [1.29, 1.82) is 0 Å². The van der Waals surface area contributed by atoms with Crippen molar-refractivity contribution in [2.75, 3.05) is 13.2 Å². The van der Waals surface area contributed by atoms with E-state index in [0.717, 1.165) is 31.0 Å². The van der Waals surface area contributed by atoms with Gasteiger partial charge in [0.25, 0.3) is 0 Å². The summed E-state index contributed by atoms with van der Waals surface area (Å²) in [6, 6.07) is 0.781. The molecular weight excluding hydrogens is 186 g/mol. The Morgan fingerprint density at radius 2 is 2.07 bits per heavy atom. The fourth-order valence-electron chi connectivity index (χ4n) is 3.31. The molecule has 3 atom stereocenters. The van der Waals surface area contributed by atoms with Crippen LogP contribution in [0.4, 0.5) is 0 Å². The van der Waals surface area contributed by atoms with Gasteiger partial charge in [0, 0.05) is 19.2 Å². The van der Waals surface area contributed by atoms with Crippen LogP contribution in [-0.4, -0.2) is 24.8 Å². The summed E-state index contributed by atoms with van der Waals surface area (Å²) in [7, 11) is 0. The average Bonchev–Trinajstić information content (AvgIpc) is 2.75. The highest BCUT2D eigenvalue weighted by molar-refractivity contribution is 4.94. The van der Waals surface area contributed by atoms with Crippen LogP contribution >= 0.6 is 0 Å². The zero-order valence-corrected chi connectivity index (χ0v) is 10.4. The molecule has 0 heterocycles. The van der Waals surface area contributed by atoms with Gasteiger partial charge < -0.3 is 10.1 Å². The molecule has 2 bridgehead atoms. The van der Waals surface area contributed by atoms with Gasteiger partial charge in [0.1, 0.15) is 0 Å². The third-order valence-electron chi connectivity index (χ3n) is 4.06. The molecule has 0 aromatic rings. The van der Waals surface area contributed by atoms with E-state index in [9.17, 15) is 0 Å². The maximum absolute atomic E-state index is 5.71. The minimum Gasteiger partial charge on any atom is -0.375 e. The number of ether oxygens (including phenoxy) is 1. The molecular formula is C13H25NO. The molecule has 2 heteroatoms. The Morgan fingerprint density at radius 1 is 1.27 bits per heavy atom. The summed E-state index contributed by atoms with van der Waals surface area (Å²) in [4.78, 5) is 0. The van der Waals surface area contributed by atoms with Crippen molar-refractivity contribution < 1.29 is 4.74 Å². The van der Waals surface area contributed by atoms with Gasteiger partial charge in [-0.2, -0.15) is 0 Å². The van der Waals surface area contributed by atoms with Crippen molar-refractivity contribution >= 4 is 0 Å². The normalized spacial score (nSPS) is 35.0. The van der Waals surface area contributed by atoms with Gasteiger partial charge in [0.05, 0.1) is 5.60 Å². The number of hydrogen-bond donors (Lipinski definition) is 1. The Morgan fingerprint density at radius 3 is 2.60 bits per heavy atom. The summed E-state index contributed by atoms with van der Waals surface area (Å²) >= 11 is 0. The molecule has 0 saturated heterocycles. The lowest BCUT2D eigenvalue weighted by Crippen LogP contribution is -2.44. The molecule has 2 fully saturated rings. The molecule has 2 aliphatic rings. The standard InChI is InChI=1S/C13H25NO/c1-4-15-13(2,3)9-14-12-8-10-5-6-11(12)7-10/h10-12,14H,4-9H2,1-3H3. The molecule has 88 valence electrons. The second-order valence-corrected chi connectivity index (χ2v) is 5.85. The second-order valence-electron chi connectivity index (χ2n) is 5.85. The number of fused-ring (bicyclic) bond motifs is 2. The van der Waals surface area contributed by atoms with Gasteiger partial charge in [0.2, 0.25) is 0 Å². The first-order chi connectivity index (χ1) is 7.11. The highest BCUT2D eigenvalue weighted by Gasteiger charge is 2.39. The van der Waals surface area contributed by atoms with E-state index in [1.54, 1.807) is 0 Å². The molecule has 15 heavy (non-hydrogen) atoms. The van der Waals surface area contributed by atoms with Gasteiger partial charge in [-0.15, -0.1) is 0 Å². The Kier molecular flexibility index (Phi) is 3.36. The van der Waals surface area contributed by atoms with Gasteiger partial charge in [-0.3, -0.25) is 0 Å². The number of nitrogens with one attached hydrogen (secondary N) is 1. The molecule has 0 amide bonds. The van der Waals surface area contributed by atoms with Gasteiger partial charge in [-0.05, 0) is 51.9 Å². The molecule has 0 aromatic carbocycles. The van der Waals surface area contributed by atoms with Crippen molar-refractivity contribution in [3.05, 3.63) is 0 Å². The minimum absolute atomic E-state index is 0.00339. The zero-order chi connectivity index (χ0) is 10.9. The smallest absolute Gasteiger partial charge is 0.0750 e. The summed E-state index contributed by atoms with van der Waals surface area (Å²) in [6.45, 7) is 8.23. The molecule has 2 saturated carbocycles. The van der Waals surface area contributed by atoms with Crippen molar-refractivity contribution in [2.24, 2.45) is 11.8 Å². The second kappa shape index (κ2) is 4.42. The predicted molar refractivity (Wildman–Crippen MR) is 62.9 cm³/mol. The zero-order valence-electron chi connectivity index (χ0n) is 10.4. The third kappa shape index (κ3) is 2.73. The highest BCUT2D eigenvalue weighted by atomic mass is 16.5. The molecule has 0 aromatic heterocycles. The first-order valence-electron chi connectivity index (χ1n) is 6.48. The molecule has 3 unspecified atom stereocenters. The van der Waals surface area contributed by atoms with Crippen LogP contribution in [0.1, 0.15) is 46.5 Å². The summed E-state index contributed by atoms with van der Waals surface area (Å²) in [5.74, 6) is 2.00. The number of hydrogen-bond acceptors (Lipinski definition) is 2. The quantitative estimate of drug-likeness (QED) is 0.754. The molecule has 0 aliphatic heterocycles. The van der Waals surface area contributed by atoms with Crippen molar-refractivity contribution in [1.82, 2.24) is 5.32 Å². The summed E-state index contributed by atoms with van der Waals surface area (Å²) in [5, 5.41) is 3.71. The third-order valence-corrected chi connectivity index (χ3v) is 4.06. The maximum atomic E-state index is 5.71. The SMILES string of the molecule is CCOC(C)(C)CNC1CC2CCC1C2. The van der Waals surface area contributed by atoms with Crippen LogP contribution in [0, 0.1) is 11.8 Å². The first-order valence-corrected chi connectivity index (χ1v) is 6.48. The molecule has 1 N–H and O–H groups in total. The summed E-state index contributed by atoms with van der Waals surface area (Å²) in [6.07, 6.45) is 5.83. The van der Waals surface area contributed by atoms with Crippen LogP contribution in [0.5, 0.6) is 0 Å². The molecule has 2 nitrogen and oxygen atoms in total. The van der Waals surface area contributed by atoms with Gasteiger partial charge >= 0.3 is 0 Å². The van der Waals surface area contributed by atoms with E-state index in [2.05, 4.69) is 26.1 Å². The van der Waals surface area contributed by atoms with Crippen LogP contribution in [0.15, 0.2) is 0 Å². The lowest BCUT2D eigenvalue weighted by Gasteiger charge is -2.30. The lowest BCUT2D eigenvalue weighted by molar-refractivity contribution is -0.0117.